The van der Waals surface area contributed by atoms with E-state index in [9.17, 15) is 4.79 Å². The molecule has 1 aliphatic rings. The Bertz CT molecular complexity index is 1360. The highest BCUT2D eigenvalue weighted by Crippen LogP contribution is 2.39. The van der Waals surface area contributed by atoms with Crippen molar-refractivity contribution < 1.29 is 14.1 Å². The summed E-state index contributed by atoms with van der Waals surface area (Å²) in [7, 11) is 0. The molecule has 3 aromatic carbocycles. The summed E-state index contributed by atoms with van der Waals surface area (Å²) < 4.78 is 11.3. The zero-order valence-corrected chi connectivity index (χ0v) is 19.9. The first-order chi connectivity index (χ1) is 17.0. The summed E-state index contributed by atoms with van der Waals surface area (Å²) in [5.41, 5.74) is 5.12. The van der Waals surface area contributed by atoms with Crippen molar-refractivity contribution in [2.75, 3.05) is 11.5 Å². The second kappa shape index (κ2) is 9.46. The van der Waals surface area contributed by atoms with Crippen LogP contribution in [-0.4, -0.2) is 22.8 Å². The second-order valence-electron chi connectivity index (χ2n) is 8.34. The lowest BCUT2D eigenvalue weighted by atomic mass is 9.94. The fourth-order valence-corrected chi connectivity index (χ4v) is 4.24. The van der Waals surface area contributed by atoms with Gasteiger partial charge in [0.15, 0.2) is 0 Å². The van der Waals surface area contributed by atoms with E-state index in [0.29, 0.717) is 29.7 Å². The van der Waals surface area contributed by atoms with Gasteiger partial charge >= 0.3 is 6.03 Å². The third-order valence-corrected chi connectivity index (χ3v) is 5.99. The van der Waals surface area contributed by atoms with Gasteiger partial charge in [-0.25, -0.2) is 4.79 Å². The summed E-state index contributed by atoms with van der Waals surface area (Å²) in [6.07, 6.45) is 0. The van der Waals surface area contributed by atoms with Gasteiger partial charge in [-0.05, 0) is 50.6 Å². The summed E-state index contributed by atoms with van der Waals surface area (Å²) in [6.45, 7) is 6.44. The lowest BCUT2D eigenvalue weighted by molar-refractivity contribution is 0.244. The molecule has 2 heterocycles. The van der Waals surface area contributed by atoms with Crippen LogP contribution in [0.1, 0.15) is 36.9 Å². The number of carbonyl (C=O) groups is 1. The number of carbonyl (C=O) groups excluding carboxylic acids is 1. The molecule has 0 spiro atoms. The van der Waals surface area contributed by atoms with Gasteiger partial charge < -0.3 is 14.6 Å². The first kappa shape index (κ1) is 22.4. The second-order valence-corrected chi connectivity index (χ2v) is 8.34. The average molecular weight is 467 g/mol. The molecule has 1 N–H and O–H groups in total. The first-order valence-electron chi connectivity index (χ1n) is 11.6. The summed E-state index contributed by atoms with van der Waals surface area (Å²) in [4.78, 5) is 19.7. The van der Waals surface area contributed by atoms with Crippen LogP contribution in [-0.2, 0) is 0 Å². The van der Waals surface area contributed by atoms with Crippen molar-refractivity contribution in [3.8, 4) is 17.1 Å². The maximum absolute atomic E-state index is 13.3. The van der Waals surface area contributed by atoms with Crippen LogP contribution in [0.15, 0.2) is 89.1 Å². The number of amides is 2. The number of benzene rings is 3. The van der Waals surface area contributed by atoms with Gasteiger partial charge in [-0.1, -0.05) is 65.3 Å². The van der Waals surface area contributed by atoms with Crippen LogP contribution in [0.3, 0.4) is 0 Å². The van der Waals surface area contributed by atoms with Crippen LogP contribution >= 0.6 is 0 Å². The zero-order chi connectivity index (χ0) is 24.4. The molecular formula is C28H26N4O3. The number of nitrogens with one attached hydrogen (secondary N) is 1. The monoisotopic (exact) mass is 466 g/mol. The molecule has 0 aliphatic carbocycles. The Labute approximate surface area is 204 Å². The van der Waals surface area contributed by atoms with E-state index in [-0.39, 0.29) is 6.03 Å². The topological polar surface area (TPSA) is 80.5 Å². The van der Waals surface area contributed by atoms with Gasteiger partial charge in [0, 0.05) is 11.3 Å². The van der Waals surface area contributed by atoms with Crippen LogP contribution in [0.25, 0.3) is 17.0 Å². The molecule has 2 amide bonds. The van der Waals surface area contributed by atoms with E-state index in [0.717, 1.165) is 28.0 Å². The lowest BCUT2D eigenvalue weighted by Gasteiger charge is -2.35. The standard InChI is InChI=1S/C28H26N4O3/c1-4-34-23-16-14-22(15-17-23)32-19(3)24(25(29-28(32)33)20-8-6-5-7-9-20)27-30-26(31-35-27)21-12-10-18(2)11-13-21/h5-17,25H,4H2,1-3H3,(H,29,33). The molecular weight excluding hydrogens is 440 g/mol. The molecule has 0 bridgehead atoms. The maximum atomic E-state index is 13.3. The number of nitrogens with zero attached hydrogens (tertiary/aromatic N) is 3. The highest BCUT2D eigenvalue weighted by Gasteiger charge is 2.36. The SMILES string of the molecule is CCOc1ccc(N2C(=O)NC(c3ccccc3)C(c3nc(-c4ccc(C)cc4)no3)=C2C)cc1. The molecule has 176 valence electrons. The molecule has 0 saturated heterocycles. The first-order valence-corrected chi connectivity index (χ1v) is 11.6. The highest BCUT2D eigenvalue weighted by molar-refractivity contribution is 6.01. The summed E-state index contributed by atoms with van der Waals surface area (Å²) in [5, 5.41) is 7.36. The van der Waals surface area contributed by atoms with Crippen molar-refractivity contribution in [3.63, 3.8) is 0 Å². The van der Waals surface area contributed by atoms with Crippen molar-refractivity contribution in [2.24, 2.45) is 0 Å². The highest BCUT2D eigenvalue weighted by atomic mass is 16.5. The number of allylic oxidation sites excluding steroid dienone is 1. The molecule has 1 unspecified atom stereocenters. The average Bonchev–Trinajstić information content (AvgIpc) is 3.35. The maximum Gasteiger partial charge on any atom is 0.326 e. The van der Waals surface area contributed by atoms with Crippen molar-refractivity contribution in [3.05, 3.63) is 102 Å². The van der Waals surface area contributed by atoms with Crippen LogP contribution in [0.4, 0.5) is 10.5 Å². The molecule has 7 nitrogen and oxygen atoms in total. The van der Waals surface area contributed by atoms with Gasteiger partial charge in [-0.15, -0.1) is 0 Å². The molecule has 1 aliphatic heterocycles. The van der Waals surface area contributed by atoms with Gasteiger partial charge in [-0.3, -0.25) is 4.90 Å². The van der Waals surface area contributed by atoms with Crippen molar-refractivity contribution >= 4 is 17.3 Å². The van der Waals surface area contributed by atoms with Gasteiger partial charge in [0.2, 0.25) is 5.82 Å². The number of rotatable bonds is 6. The number of urea groups is 1. The molecule has 35 heavy (non-hydrogen) atoms. The Morgan fingerprint density at radius 2 is 1.69 bits per heavy atom. The van der Waals surface area contributed by atoms with Crippen molar-refractivity contribution in [1.82, 2.24) is 15.5 Å². The fraction of sp³-hybridized carbons (Fsp3) is 0.179. The Morgan fingerprint density at radius 1 is 0.971 bits per heavy atom. The Kier molecular flexibility index (Phi) is 6.06. The Hall–Kier alpha value is -4.39. The van der Waals surface area contributed by atoms with Crippen molar-refractivity contribution in [1.29, 1.82) is 0 Å². The van der Waals surface area contributed by atoms with Gasteiger partial charge in [0.05, 0.1) is 23.9 Å². The number of aryl methyl sites for hydroxylation is 1. The molecule has 0 radical (unpaired) electrons. The van der Waals surface area contributed by atoms with Gasteiger partial charge in [-0.2, -0.15) is 4.98 Å². The minimum atomic E-state index is -0.436. The zero-order valence-electron chi connectivity index (χ0n) is 19.9. The third kappa shape index (κ3) is 4.40. The summed E-state index contributed by atoms with van der Waals surface area (Å²) in [6, 6.07) is 24.5. The number of ether oxygens (including phenoxy) is 1. The van der Waals surface area contributed by atoms with E-state index >= 15 is 0 Å². The minimum absolute atomic E-state index is 0.234. The Balaban J connectivity index is 1.61. The summed E-state index contributed by atoms with van der Waals surface area (Å²) >= 11 is 0. The lowest BCUT2D eigenvalue weighted by Crippen LogP contribution is -2.46. The van der Waals surface area contributed by atoms with E-state index < -0.39 is 6.04 Å². The van der Waals surface area contributed by atoms with Gasteiger partial charge in [0.1, 0.15) is 5.75 Å². The van der Waals surface area contributed by atoms with Crippen LogP contribution in [0.5, 0.6) is 5.75 Å². The quantitative estimate of drug-likeness (QED) is 0.369. The molecule has 1 atom stereocenters. The van der Waals surface area contributed by atoms with Crippen LogP contribution < -0.4 is 15.0 Å². The minimum Gasteiger partial charge on any atom is -0.494 e. The predicted octanol–water partition coefficient (Wildman–Crippen LogP) is 6.15. The predicted molar refractivity (Wildman–Crippen MR) is 135 cm³/mol. The normalized spacial score (nSPS) is 15.8. The third-order valence-electron chi connectivity index (χ3n) is 5.99. The van der Waals surface area contributed by atoms with Crippen LogP contribution in [0.2, 0.25) is 0 Å². The number of hydrogen-bond donors (Lipinski definition) is 1. The molecule has 4 aromatic rings. The van der Waals surface area contributed by atoms with E-state index in [2.05, 4.69) is 10.5 Å². The smallest absolute Gasteiger partial charge is 0.326 e. The molecule has 0 saturated carbocycles. The number of hydrogen-bond acceptors (Lipinski definition) is 5. The van der Waals surface area contributed by atoms with Gasteiger partial charge in [0.25, 0.3) is 5.89 Å². The Morgan fingerprint density at radius 3 is 2.37 bits per heavy atom. The van der Waals surface area contributed by atoms with E-state index in [1.165, 1.54) is 0 Å². The fourth-order valence-electron chi connectivity index (χ4n) is 4.24. The number of anilines is 1. The van der Waals surface area contributed by atoms with Crippen molar-refractivity contribution in [2.45, 2.75) is 26.8 Å². The van der Waals surface area contributed by atoms with E-state index in [4.69, 9.17) is 14.2 Å². The van der Waals surface area contributed by atoms with E-state index in [1.54, 1.807) is 4.90 Å². The van der Waals surface area contributed by atoms with Crippen LogP contribution in [0, 0.1) is 6.92 Å². The largest absolute Gasteiger partial charge is 0.494 e. The summed E-state index contributed by atoms with van der Waals surface area (Å²) in [5.74, 6) is 1.61. The van der Waals surface area contributed by atoms with E-state index in [1.807, 2.05) is 99.6 Å². The molecule has 0 fully saturated rings. The molecule has 1 aromatic heterocycles. The number of aromatic nitrogens is 2. The molecule has 5 rings (SSSR count). The molecule has 7 heteroatoms.